The van der Waals surface area contributed by atoms with Crippen molar-refractivity contribution in [2.75, 3.05) is 19.7 Å². The summed E-state index contributed by atoms with van der Waals surface area (Å²) in [6.07, 6.45) is 6.06. The van der Waals surface area contributed by atoms with Crippen molar-refractivity contribution in [1.82, 2.24) is 24.6 Å². The highest BCUT2D eigenvalue weighted by molar-refractivity contribution is 5.97. The molecule has 9 heteroatoms. The predicted octanol–water partition coefficient (Wildman–Crippen LogP) is 3.15. The van der Waals surface area contributed by atoms with Crippen molar-refractivity contribution >= 4 is 12.0 Å². The molecule has 1 aliphatic rings. The van der Waals surface area contributed by atoms with Gasteiger partial charge < -0.3 is 19.5 Å². The Kier molecular flexibility index (Phi) is 6.01. The molecular formula is C22H24FN5O3. The molecule has 0 bridgehead atoms. The number of rotatable bonds is 5. The van der Waals surface area contributed by atoms with E-state index in [1.54, 1.807) is 45.6 Å². The van der Waals surface area contributed by atoms with Crippen LogP contribution < -0.4 is 5.32 Å². The standard InChI is InChI=1S/C22H24FN5O3/c1-2-31-22(30)27-12-8-17(9-13-27)25-20(29)19-15-24-28(18-7-5-6-16(23)14-18)21(19)26-10-3-4-11-26/h3-7,10-11,14-15,17H,2,8-9,12-13H2,1H3,(H,25,29). The highest BCUT2D eigenvalue weighted by Gasteiger charge is 2.27. The third kappa shape index (κ3) is 4.45. The molecule has 2 aromatic heterocycles. The second-order valence-corrected chi connectivity index (χ2v) is 7.30. The summed E-state index contributed by atoms with van der Waals surface area (Å²) in [5.41, 5.74) is 0.902. The van der Waals surface area contributed by atoms with E-state index in [9.17, 15) is 14.0 Å². The van der Waals surface area contributed by atoms with Gasteiger partial charge in [-0.1, -0.05) is 6.07 Å². The largest absolute Gasteiger partial charge is 0.450 e. The molecule has 1 saturated heterocycles. The zero-order valence-electron chi connectivity index (χ0n) is 17.2. The first-order valence-electron chi connectivity index (χ1n) is 10.3. The number of carbonyl (C=O) groups is 2. The highest BCUT2D eigenvalue weighted by atomic mass is 19.1. The molecule has 3 heterocycles. The van der Waals surface area contributed by atoms with Crippen molar-refractivity contribution in [1.29, 1.82) is 0 Å². The second kappa shape index (κ2) is 9.03. The van der Waals surface area contributed by atoms with E-state index in [-0.39, 0.29) is 23.9 Å². The van der Waals surface area contributed by atoms with Crippen LogP contribution in [0.4, 0.5) is 9.18 Å². The number of likely N-dealkylation sites (tertiary alicyclic amines) is 1. The Morgan fingerprint density at radius 2 is 1.94 bits per heavy atom. The van der Waals surface area contributed by atoms with E-state index in [1.807, 2.05) is 12.1 Å². The summed E-state index contributed by atoms with van der Waals surface area (Å²) >= 11 is 0. The lowest BCUT2D eigenvalue weighted by Crippen LogP contribution is -2.46. The van der Waals surface area contributed by atoms with Gasteiger partial charge in [0.15, 0.2) is 5.82 Å². The van der Waals surface area contributed by atoms with Gasteiger partial charge in [-0.25, -0.2) is 13.9 Å². The molecule has 0 atom stereocenters. The van der Waals surface area contributed by atoms with Crippen LogP contribution in [-0.4, -0.2) is 57.0 Å². The summed E-state index contributed by atoms with van der Waals surface area (Å²) < 4.78 is 22.1. The van der Waals surface area contributed by atoms with E-state index in [0.29, 0.717) is 49.6 Å². The zero-order valence-corrected chi connectivity index (χ0v) is 17.2. The summed E-state index contributed by atoms with van der Waals surface area (Å²) in [6, 6.07) is 9.68. The van der Waals surface area contributed by atoms with Crippen molar-refractivity contribution in [2.45, 2.75) is 25.8 Å². The van der Waals surface area contributed by atoms with Crippen LogP contribution in [0.15, 0.2) is 55.0 Å². The molecule has 1 N–H and O–H groups in total. The van der Waals surface area contributed by atoms with E-state index in [2.05, 4.69) is 10.4 Å². The third-order valence-electron chi connectivity index (χ3n) is 5.25. The molecule has 1 fully saturated rings. The number of piperidine rings is 1. The molecule has 162 valence electrons. The van der Waals surface area contributed by atoms with Gasteiger partial charge in [-0.05, 0) is 50.1 Å². The minimum absolute atomic E-state index is 0.0618. The molecule has 31 heavy (non-hydrogen) atoms. The number of amides is 2. The Hall–Kier alpha value is -3.62. The molecular weight excluding hydrogens is 401 g/mol. The molecule has 0 saturated carbocycles. The van der Waals surface area contributed by atoms with Crippen LogP contribution >= 0.6 is 0 Å². The Morgan fingerprint density at radius 1 is 1.19 bits per heavy atom. The zero-order chi connectivity index (χ0) is 21.8. The maximum atomic E-state index is 13.8. The van der Waals surface area contributed by atoms with Gasteiger partial charge in [-0.2, -0.15) is 5.10 Å². The van der Waals surface area contributed by atoms with Crippen LogP contribution in [0, 0.1) is 5.82 Å². The van der Waals surface area contributed by atoms with Gasteiger partial charge in [-0.3, -0.25) is 4.79 Å². The van der Waals surface area contributed by atoms with Crippen molar-refractivity contribution in [3.05, 3.63) is 66.4 Å². The summed E-state index contributed by atoms with van der Waals surface area (Å²) in [5.74, 6) is -0.121. The number of carbonyl (C=O) groups excluding carboxylic acids is 2. The lowest BCUT2D eigenvalue weighted by atomic mass is 10.0. The molecule has 1 aromatic carbocycles. The van der Waals surface area contributed by atoms with Crippen LogP contribution in [0.1, 0.15) is 30.1 Å². The van der Waals surface area contributed by atoms with Crippen LogP contribution in [0.5, 0.6) is 0 Å². The average molecular weight is 425 g/mol. The number of hydrogen-bond acceptors (Lipinski definition) is 4. The number of aromatic nitrogens is 3. The molecule has 4 rings (SSSR count). The van der Waals surface area contributed by atoms with Crippen molar-refractivity contribution in [3.8, 4) is 11.5 Å². The summed E-state index contributed by atoms with van der Waals surface area (Å²) in [5, 5.41) is 7.40. The monoisotopic (exact) mass is 425 g/mol. The van der Waals surface area contributed by atoms with Gasteiger partial charge in [0.1, 0.15) is 11.4 Å². The minimum Gasteiger partial charge on any atom is -0.450 e. The third-order valence-corrected chi connectivity index (χ3v) is 5.25. The van der Waals surface area contributed by atoms with Crippen LogP contribution in [-0.2, 0) is 4.74 Å². The maximum Gasteiger partial charge on any atom is 0.409 e. The fourth-order valence-electron chi connectivity index (χ4n) is 3.71. The normalized spacial score (nSPS) is 14.5. The smallest absolute Gasteiger partial charge is 0.409 e. The number of nitrogens with zero attached hydrogens (tertiary/aromatic N) is 4. The van der Waals surface area contributed by atoms with E-state index in [0.717, 1.165) is 0 Å². The molecule has 0 aliphatic carbocycles. The minimum atomic E-state index is -0.384. The molecule has 8 nitrogen and oxygen atoms in total. The lowest BCUT2D eigenvalue weighted by Gasteiger charge is -2.31. The van der Waals surface area contributed by atoms with Crippen molar-refractivity contribution in [3.63, 3.8) is 0 Å². The fourth-order valence-corrected chi connectivity index (χ4v) is 3.71. The van der Waals surface area contributed by atoms with Gasteiger partial charge >= 0.3 is 6.09 Å². The molecule has 2 amide bonds. The molecule has 0 radical (unpaired) electrons. The summed E-state index contributed by atoms with van der Waals surface area (Å²) in [4.78, 5) is 26.6. The van der Waals surface area contributed by atoms with Crippen molar-refractivity contribution in [2.24, 2.45) is 0 Å². The first-order valence-corrected chi connectivity index (χ1v) is 10.3. The fraction of sp³-hybridized carbons (Fsp3) is 0.318. The highest BCUT2D eigenvalue weighted by Crippen LogP contribution is 2.21. The summed E-state index contributed by atoms with van der Waals surface area (Å²) in [7, 11) is 0. The van der Waals surface area contributed by atoms with E-state index >= 15 is 0 Å². The first-order chi connectivity index (χ1) is 15.1. The topological polar surface area (TPSA) is 81.4 Å². The summed E-state index contributed by atoms with van der Waals surface area (Å²) in [6.45, 7) is 3.16. The molecule has 0 spiro atoms. The average Bonchev–Trinajstić information content (AvgIpc) is 3.44. The number of halogens is 1. The van der Waals surface area contributed by atoms with E-state index < -0.39 is 0 Å². The SMILES string of the molecule is CCOC(=O)N1CCC(NC(=O)c2cnn(-c3cccc(F)c3)c2-n2cccc2)CC1. The first kappa shape index (κ1) is 20.6. The molecule has 1 aliphatic heterocycles. The van der Waals surface area contributed by atoms with Crippen molar-refractivity contribution < 1.29 is 18.7 Å². The Bertz CT molecular complexity index is 1060. The van der Waals surface area contributed by atoms with Gasteiger partial charge in [0, 0.05) is 31.5 Å². The molecule has 0 unspecified atom stereocenters. The van der Waals surface area contributed by atoms with Gasteiger partial charge in [0.2, 0.25) is 0 Å². The quantitative estimate of drug-likeness (QED) is 0.681. The number of benzene rings is 1. The van der Waals surface area contributed by atoms with Crippen LogP contribution in [0.3, 0.4) is 0 Å². The van der Waals surface area contributed by atoms with Gasteiger partial charge in [0.05, 0.1) is 18.5 Å². The van der Waals surface area contributed by atoms with Crippen LogP contribution in [0.25, 0.3) is 11.5 Å². The lowest BCUT2D eigenvalue weighted by molar-refractivity contribution is 0.0860. The second-order valence-electron chi connectivity index (χ2n) is 7.30. The van der Waals surface area contributed by atoms with Gasteiger partial charge in [-0.15, -0.1) is 0 Å². The maximum absolute atomic E-state index is 13.8. The Morgan fingerprint density at radius 3 is 2.61 bits per heavy atom. The predicted molar refractivity (Wildman–Crippen MR) is 112 cm³/mol. The number of nitrogens with one attached hydrogen (secondary N) is 1. The van der Waals surface area contributed by atoms with E-state index in [1.165, 1.54) is 18.3 Å². The number of hydrogen-bond donors (Lipinski definition) is 1. The Balaban J connectivity index is 1.53. The molecule has 3 aromatic rings. The Labute approximate surface area is 179 Å². The van der Waals surface area contributed by atoms with E-state index in [4.69, 9.17) is 4.74 Å². The van der Waals surface area contributed by atoms with Crippen LogP contribution in [0.2, 0.25) is 0 Å². The van der Waals surface area contributed by atoms with Gasteiger partial charge in [0.25, 0.3) is 5.91 Å². The number of ether oxygens (including phenoxy) is 1.